The number of rotatable bonds is 5. The van der Waals surface area contributed by atoms with E-state index in [1.54, 1.807) is 20.3 Å². The summed E-state index contributed by atoms with van der Waals surface area (Å²) in [5.41, 5.74) is 4.26. The highest BCUT2D eigenvalue weighted by Crippen LogP contribution is 2.40. The summed E-state index contributed by atoms with van der Waals surface area (Å²) in [6.07, 6.45) is 0.856. The molecule has 3 rings (SSSR count). The third-order valence-corrected chi connectivity index (χ3v) is 4.80. The maximum Gasteiger partial charge on any atom is 0.337 e. The minimum atomic E-state index is -0.345. The number of benzene rings is 2. The van der Waals surface area contributed by atoms with Crippen molar-refractivity contribution in [2.24, 2.45) is 0 Å². The van der Waals surface area contributed by atoms with Gasteiger partial charge >= 0.3 is 5.97 Å². The van der Waals surface area contributed by atoms with Crippen LogP contribution in [0.2, 0.25) is 0 Å². The van der Waals surface area contributed by atoms with Gasteiger partial charge in [-0.3, -0.25) is 4.79 Å². The van der Waals surface area contributed by atoms with E-state index in [1.165, 1.54) is 19.6 Å². The molecule has 148 valence electrons. The maximum absolute atomic E-state index is 11.8. The van der Waals surface area contributed by atoms with Crippen molar-refractivity contribution in [3.05, 3.63) is 47.0 Å². The van der Waals surface area contributed by atoms with Gasteiger partial charge in [-0.15, -0.1) is 0 Å². The molecule has 28 heavy (non-hydrogen) atoms. The van der Waals surface area contributed by atoms with Gasteiger partial charge in [0.05, 0.1) is 26.9 Å². The minimum absolute atomic E-state index is 0.202. The molecule has 0 radical (unpaired) electrons. The quantitative estimate of drug-likeness (QED) is 0.799. The molecule has 0 fully saturated rings. The molecule has 1 heterocycles. The lowest BCUT2D eigenvalue weighted by Gasteiger charge is -2.32. The number of amides is 1. The zero-order valence-corrected chi connectivity index (χ0v) is 16.5. The number of carbonyl (C=O) groups excluding carboxylic acids is 2. The SMILES string of the molecule is COC(=O)c1ccc2c(c1)CN(c1cc(OC)c(NC(C)=O)c(OC)c1)CC2. The van der Waals surface area contributed by atoms with E-state index in [2.05, 4.69) is 10.2 Å². The van der Waals surface area contributed by atoms with Crippen LogP contribution in [0.5, 0.6) is 11.5 Å². The first-order chi connectivity index (χ1) is 13.5. The van der Waals surface area contributed by atoms with Crippen LogP contribution in [0.3, 0.4) is 0 Å². The van der Waals surface area contributed by atoms with Crippen LogP contribution in [0.15, 0.2) is 30.3 Å². The van der Waals surface area contributed by atoms with Crippen LogP contribution in [0.4, 0.5) is 11.4 Å². The number of nitrogens with zero attached hydrogens (tertiary/aromatic N) is 1. The topological polar surface area (TPSA) is 77.1 Å². The zero-order chi connectivity index (χ0) is 20.3. The van der Waals surface area contributed by atoms with Gasteiger partial charge in [0.15, 0.2) is 0 Å². The number of hydrogen-bond acceptors (Lipinski definition) is 6. The molecule has 0 bridgehead atoms. The van der Waals surface area contributed by atoms with Gasteiger partial charge < -0.3 is 24.4 Å². The summed E-state index contributed by atoms with van der Waals surface area (Å²) in [4.78, 5) is 25.5. The van der Waals surface area contributed by atoms with E-state index in [0.29, 0.717) is 29.3 Å². The number of fused-ring (bicyclic) bond motifs is 1. The van der Waals surface area contributed by atoms with E-state index in [1.807, 2.05) is 24.3 Å². The molecule has 7 nitrogen and oxygen atoms in total. The Kier molecular flexibility index (Phi) is 5.73. The van der Waals surface area contributed by atoms with E-state index in [4.69, 9.17) is 14.2 Å². The first-order valence-corrected chi connectivity index (χ1v) is 8.95. The van der Waals surface area contributed by atoms with E-state index in [-0.39, 0.29) is 11.9 Å². The Labute approximate surface area is 164 Å². The lowest BCUT2D eigenvalue weighted by Crippen LogP contribution is -2.30. The smallest absolute Gasteiger partial charge is 0.337 e. The van der Waals surface area contributed by atoms with Crippen molar-refractivity contribution in [2.75, 3.05) is 38.1 Å². The van der Waals surface area contributed by atoms with Crippen LogP contribution >= 0.6 is 0 Å². The first-order valence-electron chi connectivity index (χ1n) is 8.95. The molecule has 1 aliphatic rings. The highest BCUT2D eigenvalue weighted by molar-refractivity contribution is 5.93. The number of esters is 1. The van der Waals surface area contributed by atoms with Crippen LogP contribution < -0.4 is 19.7 Å². The first kappa shape index (κ1) is 19.5. The standard InChI is InChI=1S/C21H24N2O5/c1-13(24)22-20-18(26-2)10-17(11-19(20)27-3)23-8-7-14-5-6-15(21(25)28-4)9-16(14)12-23/h5-6,9-11H,7-8,12H2,1-4H3,(H,22,24). The Morgan fingerprint density at radius 2 is 1.68 bits per heavy atom. The van der Waals surface area contributed by atoms with Crippen molar-refractivity contribution in [1.29, 1.82) is 0 Å². The van der Waals surface area contributed by atoms with Crippen molar-refractivity contribution >= 4 is 23.3 Å². The third kappa shape index (κ3) is 3.88. The summed E-state index contributed by atoms with van der Waals surface area (Å²) in [5, 5.41) is 2.76. The Bertz CT molecular complexity index is 885. The van der Waals surface area contributed by atoms with Gasteiger partial charge in [-0.05, 0) is 29.7 Å². The molecule has 0 saturated carbocycles. The number of methoxy groups -OCH3 is 3. The lowest BCUT2D eigenvalue weighted by molar-refractivity contribution is -0.114. The average molecular weight is 384 g/mol. The van der Waals surface area contributed by atoms with Crippen LogP contribution in [0.1, 0.15) is 28.4 Å². The van der Waals surface area contributed by atoms with Gasteiger partial charge in [-0.1, -0.05) is 6.07 Å². The van der Waals surface area contributed by atoms with E-state index >= 15 is 0 Å². The van der Waals surface area contributed by atoms with Gasteiger partial charge in [0, 0.05) is 37.8 Å². The fourth-order valence-corrected chi connectivity index (χ4v) is 3.40. The summed E-state index contributed by atoms with van der Waals surface area (Å²) in [5.74, 6) is 0.506. The Morgan fingerprint density at radius 1 is 1.00 bits per heavy atom. The maximum atomic E-state index is 11.8. The molecule has 1 amide bonds. The predicted octanol–water partition coefficient (Wildman–Crippen LogP) is 3.01. The summed E-state index contributed by atoms with van der Waals surface area (Å²) >= 11 is 0. The molecule has 0 aliphatic carbocycles. The van der Waals surface area contributed by atoms with E-state index in [9.17, 15) is 9.59 Å². The van der Waals surface area contributed by atoms with Gasteiger partial charge in [0.1, 0.15) is 17.2 Å². The molecular formula is C21H24N2O5. The van der Waals surface area contributed by atoms with Crippen molar-refractivity contribution in [3.63, 3.8) is 0 Å². The molecule has 0 saturated heterocycles. The molecule has 2 aromatic carbocycles. The van der Waals surface area contributed by atoms with Gasteiger partial charge in [-0.2, -0.15) is 0 Å². The highest BCUT2D eigenvalue weighted by Gasteiger charge is 2.22. The normalized spacial score (nSPS) is 12.8. The van der Waals surface area contributed by atoms with Crippen LogP contribution in [-0.2, 0) is 22.5 Å². The Hall–Kier alpha value is -3.22. The van der Waals surface area contributed by atoms with Gasteiger partial charge in [0.25, 0.3) is 0 Å². The molecule has 2 aromatic rings. The minimum Gasteiger partial charge on any atom is -0.494 e. The molecular weight excluding hydrogens is 360 g/mol. The molecule has 0 aromatic heterocycles. The second-order valence-electron chi connectivity index (χ2n) is 6.55. The van der Waals surface area contributed by atoms with Crippen molar-refractivity contribution < 1.29 is 23.8 Å². The summed E-state index contributed by atoms with van der Waals surface area (Å²) in [7, 11) is 4.49. The number of ether oxygens (including phenoxy) is 3. The van der Waals surface area contributed by atoms with Gasteiger partial charge in [-0.25, -0.2) is 4.79 Å². The number of hydrogen-bond donors (Lipinski definition) is 1. The van der Waals surface area contributed by atoms with Crippen molar-refractivity contribution in [2.45, 2.75) is 19.9 Å². The summed E-state index contributed by atoms with van der Waals surface area (Å²) in [6, 6.07) is 9.42. The van der Waals surface area contributed by atoms with Crippen molar-refractivity contribution in [1.82, 2.24) is 0 Å². The summed E-state index contributed by atoms with van der Waals surface area (Å²) in [6.45, 7) is 2.90. The second kappa shape index (κ2) is 8.21. The van der Waals surface area contributed by atoms with Crippen LogP contribution in [-0.4, -0.2) is 39.8 Å². The van der Waals surface area contributed by atoms with E-state index in [0.717, 1.165) is 24.2 Å². The number of anilines is 2. The predicted molar refractivity (Wildman–Crippen MR) is 106 cm³/mol. The Morgan fingerprint density at radius 3 is 2.25 bits per heavy atom. The molecule has 1 aliphatic heterocycles. The largest absolute Gasteiger partial charge is 0.494 e. The highest BCUT2D eigenvalue weighted by atomic mass is 16.5. The Balaban J connectivity index is 1.94. The second-order valence-corrected chi connectivity index (χ2v) is 6.55. The van der Waals surface area contributed by atoms with Crippen LogP contribution in [0.25, 0.3) is 0 Å². The summed E-state index contributed by atoms with van der Waals surface area (Å²) < 4.78 is 15.8. The average Bonchev–Trinajstić information content (AvgIpc) is 2.71. The molecule has 7 heteroatoms. The number of carbonyl (C=O) groups is 2. The molecule has 0 spiro atoms. The van der Waals surface area contributed by atoms with Gasteiger partial charge in [0.2, 0.25) is 5.91 Å². The van der Waals surface area contributed by atoms with E-state index < -0.39 is 0 Å². The fraction of sp³-hybridized carbons (Fsp3) is 0.333. The van der Waals surface area contributed by atoms with Crippen molar-refractivity contribution in [3.8, 4) is 11.5 Å². The fourth-order valence-electron chi connectivity index (χ4n) is 3.40. The molecule has 0 atom stereocenters. The monoisotopic (exact) mass is 384 g/mol. The lowest BCUT2D eigenvalue weighted by atomic mass is 9.97. The molecule has 0 unspecified atom stereocenters. The zero-order valence-electron chi connectivity index (χ0n) is 16.5. The third-order valence-electron chi connectivity index (χ3n) is 4.80. The van der Waals surface area contributed by atoms with Crippen LogP contribution in [0, 0.1) is 0 Å². The molecule has 1 N–H and O–H groups in total. The number of nitrogens with one attached hydrogen (secondary N) is 1.